The number of hydrazone groups is 1. The summed E-state index contributed by atoms with van der Waals surface area (Å²) >= 11 is 1.69. The fourth-order valence-corrected chi connectivity index (χ4v) is 3.57. The zero-order valence-electron chi connectivity index (χ0n) is 14.3. The topological polar surface area (TPSA) is 70.1 Å². The first kappa shape index (κ1) is 16.6. The number of amides is 1. The standard InChI is InChI=1S/C20H18N4OS/c1-26-15-9-6-13(7-10-15)12-21-24-20(25)19-17-11-8-14-4-2-3-5-16(14)18(17)22-23-19/h2-7,9-10,12H,8,11H2,1H3,(H,22,23)(H,24,25)/b21-12-. The zero-order chi connectivity index (χ0) is 17.9. The van der Waals surface area contributed by atoms with Gasteiger partial charge in [-0.15, -0.1) is 11.8 Å². The van der Waals surface area contributed by atoms with E-state index in [9.17, 15) is 4.79 Å². The van der Waals surface area contributed by atoms with E-state index in [0.717, 1.165) is 35.2 Å². The number of fused-ring (bicyclic) bond motifs is 3. The van der Waals surface area contributed by atoms with Crippen molar-refractivity contribution >= 4 is 23.9 Å². The van der Waals surface area contributed by atoms with Crippen LogP contribution >= 0.6 is 11.8 Å². The number of aryl methyl sites for hydroxylation is 1. The molecule has 0 spiro atoms. The predicted octanol–water partition coefficient (Wildman–Crippen LogP) is 3.66. The van der Waals surface area contributed by atoms with Gasteiger partial charge in [0.15, 0.2) is 0 Å². The molecule has 0 fully saturated rings. The summed E-state index contributed by atoms with van der Waals surface area (Å²) in [5.74, 6) is -0.268. The first-order valence-electron chi connectivity index (χ1n) is 8.39. The Morgan fingerprint density at radius 1 is 1.19 bits per heavy atom. The number of carbonyl (C=O) groups is 1. The molecule has 0 radical (unpaired) electrons. The highest BCUT2D eigenvalue weighted by molar-refractivity contribution is 7.98. The fourth-order valence-electron chi connectivity index (χ4n) is 3.16. The maximum Gasteiger partial charge on any atom is 0.289 e. The predicted molar refractivity (Wildman–Crippen MR) is 105 cm³/mol. The van der Waals surface area contributed by atoms with Gasteiger partial charge in [0.1, 0.15) is 5.69 Å². The van der Waals surface area contributed by atoms with E-state index in [-0.39, 0.29) is 5.91 Å². The number of aromatic amines is 1. The molecule has 0 unspecified atom stereocenters. The van der Waals surface area contributed by atoms with Gasteiger partial charge in [-0.1, -0.05) is 36.4 Å². The van der Waals surface area contributed by atoms with Crippen LogP contribution in [0.3, 0.4) is 0 Å². The Hall–Kier alpha value is -2.86. The van der Waals surface area contributed by atoms with Crippen LogP contribution in [0.25, 0.3) is 11.3 Å². The maximum absolute atomic E-state index is 12.5. The Labute approximate surface area is 155 Å². The van der Waals surface area contributed by atoms with Gasteiger partial charge in [0.25, 0.3) is 5.91 Å². The van der Waals surface area contributed by atoms with Gasteiger partial charge >= 0.3 is 0 Å². The van der Waals surface area contributed by atoms with Crippen LogP contribution in [0.2, 0.25) is 0 Å². The summed E-state index contributed by atoms with van der Waals surface area (Å²) in [6.07, 6.45) is 5.38. The summed E-state index contributed by atoms with van der Waals surface area (Å²) in [7, 11) is 0. The normalized spacial score (nSPS) is 12.7. The van der Waals surface area contributed by atoms with Crippen LogP contribution in [0.15, 0.2) is 58.5 Å². The molecule has 0 saturated heterocycles. The average Bonchev–Trinajstić information content (AvgIpc) is 3.13. The Balaban J connectivity index is 1.50. The molecule has 0 aliphatic heterocycles. The molecule has 0 saturated carbocycles. The molecule has 0 bridgehead atoms. The molecule has 4 rings (SSSR count). The number of hydrogen-bond acceptors (Lipinski definition) is 4. The van der Waals surface area contributed by atoms with Crippen molar-refractivity contribution in [2.24, 2.45) is 5.10 Å². The molecular formula is C20H18N4OS. The molecule has 26 heavy (non-hydrogen) atoms. The van der Waals surface area contributed by atoms with E-state index in [1.165, 1.54) is 10.5 Å². The number of carbonyl (C=O) groups excluding carboxylic acids is 1. The van der Waals surface area contributed by atoms with Gasteiger partial charge in [-0.3, -0.25) is 9.89 Å². The molecule has 5 nitrogen and oxygen atoms in total. The molecule has 2 N–H and O–H groups in total. The van der Waals surface area contributed by atoms with E-state index in [1.54, 1.807) is 18.0 Å². The van der Waals surface area contributed by atoms with Crippen LogP contribution in [0.5, 0.6) is 0 Å². The lowest BCUT2D eigenvalue weighted by Gasteiger charge is -2.15. The summed E-state index contributed by atoms with van der Waals surface area (Å²) in [6.45, 7) is 0. The number of nitrogens with zero attached hydrogens (tertiary/aromatic N) is 2. The number of aromatic nitrogens is 2. The van der Waals surface area contributed by atoms with E-state index in [0.29, 0.717) is 5.69 Å². The third-order valence-corrected chi connectivity index (χ3v) is 5.25. The lowest BCUT2D eigenvalue weighted by molar-refractivity contribution is 0.0949. The molecular weight excluding hydrogens is 344 g/mol. The summed E-state index contributed by atoms with van der Waals surface area (Å²) in [5, 5.41) is 11.3. The van der Waals surface area contributed by atoms with Gasteiger partial charge in [0.2, 0.25) is 0 Å². The van der Waals surface area contributed by atoms with Crippen molar-refractivity contribution in [1.29, 1.82) is 0 Å². The smallest absolute Gasteiger partial charge is 0.272 e. The van der Waals surface area contributed by atoms with Crippen molar-refractivity contribution in [1.82, 2.24) is 15.6 Å². The molecule has 1 aliphatic rings. The van der Waals surface area contributed by atoms with E-state index in [1.807, 2.05) is 48.7 Å². The molecule has 3 aromatic rings. The number of thioether (sulfide) groups is 1. The molecule has 6 heteroatoms. The number of nitrogens with one attached hydrogen (secondary N) is 2. The first-order valence-corrected chi connectivity index (χ1v) is 9.61. The third-order valence-electron chi connectivity index (χ3n) is 4.51. The Kier molecular flexibility index (Phi) is 4.58. The minimum atomic E-state index is -0.268. The van der Waals surface area contributed by atoms with Crippen molar-refractivity contribution in [2.75, 3.05) is 6.26 Å². The number of benzene rings is 2. The number of rotatable bonds is 4. The van der Waals surface area contributed by atoms with E-state index < -0.39 is 0 Å². The van der Waals surface area contributed by atoms with Crippen molar-refractivity contribution in [3.05, 3.63) is 70.9 Å². The minimum absolute atomic E-state index is 0.268. The second-order valence-corrected chi connectivity index (χ2v) is 6.93. The summed E-state index contributed by atoms with van der Waals surface area (Å²) < 4.78 is 0. The van der Waals surface area contributed by atoms with E-state index in [2.05, 4.69) is 26.8 Å². The highest BCUT2D eigenvalue weighted by Crippen LogP contribution is 2.33. The second-order valence-electron chi connectivity index (χ2n) is 6.06. The monoisotopic (exact) mass is 362 g/mol. The number of H-pyrrole nitrogens is 1. The Morgan fingerprint density at radius 3 is 2.81 bits per heavy atom. The van der Waals surface area contributed by atoms with Gasteiger partial charge in [-0.2, -0.15) is 10.2 Å². The SMILES string of the molecule is CSc1ccc(/C=N\NC(=O)c2[nH]nc3c2CCc2ccccc2-3)cc1. The molecule has 1 aliphatic carbocycles. The van der Waals surface area contributed by atoms with Crippen LogP contribution in [-0.4, -0.2) is 28.6 Å². The van der Waals surface area contributed by atoms with Crippen LogP contribution in [-0.2, 0) is 12.8 Å². The first-order chi connectivity index (χ1) is 12.8. The molecule has 130 valence electrons. The molecule has 1 heterocycles. The lowest BCUT2D eigenvalue weighted by atomic mass is 9.89. The highest BCUT2D eigenvalue weighted by atomic mass is 32.2. The Bertz CT molecular complexity index is 976. The second kappa shape index (κ2) is 7.17. The summed E-state index contributed by atoms with van der Waals surface area (Å²) in [5.41, 5.74) is 8.21. The third kappa shape index (κ3) is 3.15. The van der Waals surface area contributed by atoms with Gasteiger partial charge < -0.3 is 0 Å². The molecule has 2 aromatic carbocycles. The number of hydrogen-bond donors (Lipinski definition) is 2. The van der Waals surface area contributed by atoms with Gasteiger partial charge in [0.05, 0.1) is 11.9 Å². The van der Waals surface area contributed by atoms with Crippen LogP contribution in [0.4, 0.5) is 0 Å². The minimum Gasteiger partial charge on any atom is -0.272 e. The van der Waals surface area contributed by atoms with Crippen molar-refractivity contribution < 1.29 is 4.79 Å². The van der Waals surface area contributed by atoms with Gasteiger partial charge in [-0.25, -0.2) is 5.43 Å². The summed E-state index contributed by atoms with van der Waals surface area (Å²) in [4.78, 5) is 13.7. The molecule has 1 aromatic heterocycles. The lowest BCUT2D eigenvalue weighted by Crippen LogP contribution is -2.20. The molecule has 1 amide bonds. The Morgan fingerprint density at radius 2 is 2.00 bits per heavy atom. The zero-order valence-corrected chi connectivity index (χ0v) is 15.1. The van der Waals surface area contributed by atoms with Gasteiger partial charge in [0, 0.05) is 16.0 Å². The fraction of sp³-hybridized carbons (Fsp3) is 0.150. The van der Waals surface area contributed by atoms with E-state index >= 15 is 0 Å². The van der Waals surface area contributed by atoms with Crippen LogP contribution < -0.4 is 5.43 Å². The van der Waals surface area contributed by atoms with Crippen molar-refractivity contribution in [3.8, 4) is 11.3 Å². The van der Waals surface area contributed by atoms with Crippen LogP contribution in [0.1, 0.15) is 27.2 Å². The average molecular weight is 362 g/mol. The van der Waals surface area contributed by atoms with E-state index in [4.69, 9.17) is 0 Å². The maximum atomic E-state index is 12.5. The van der Waals surface area contributed by atoms with Crippen LogP contribution in [0, 0.1) is 0 Å². The van der Waals surface area contributed by atoms with Crippen molar-refractivity contribution in [3.63, 3.8) is 0 Å². The summed E-state index contributed by atoms with van der Waals surface area (Å²) in [6, 6.07) is 16.2. The van der Waals surface area contributed by atoms with Crippen molar-refractivity contribution in [2.45, 2.75) is 17.7 Å². The molecule has 0 atom stereocenters. The highest BCUT2D eigenvalue weighted by Gasteiger charge is 2.24. The largest absolute Gasteiger partial charge is 0.289 e. The quantitative estimate of drug-likeness (QED) is 0.423. The van der Waals surface area contributed by atoms with Gasteiger partial charge in [-0.05, 0) is 42.4 Å².